The van der Waals surface area contributed by atoms with Gasteiger partial charge >= 0.3 is 5.97 Å². The molecule has 176 valence electrons. The van der Waals surface area contributed by atoms with Crippen molar-refractivity contribution in [2.75, 3.05) is 6.61 Å². The number of aryl methyl sites for hydroxylation is 2. The summed E-state index contributed by atoms with van der Waals surface area (Å²) in [4.78, 5) is 35.9. The van der Waals surface area contributed by atoms with E-state index in [-0.39, 0.29) is 24.6 Å². The summed E-state index contributed by atoms with van der Waals surface area (Å²) < 4.78 is 10.7. The van der Waals surface area contributed by atoms with E-state index in [1.807, 2.05) is 56.3 Å². The van der Waals surface area contributed by atoms with Gasteiger partial charge in [0, 0.05) is 12.8 Å². The minimum Gasteiger partial charge on any atom is -0.481 e. The molecule has 3 N–H and O–H groups in total. The van der Waals surface area contributed by atoms with Crippen molar-refractivity contribution in [3.63, 3.8) is 0 Å². The molecule has 0 aliphatic rings. The number of esters is 1. The number of benzene rings is 2. The minimum atomic E-state index is -0.788. The monoisotopic (exact) mass is 471 g/mol. The number of hydrogen-bond acceptors (Lipinski definition) is 6. The van der Waals surface area contributed by atoms with Crippen molar-refractivity contribution in [1.82, 2.24) is 16.2 Å². The number of carbonyl (C=O) groups excluding carboxylic acids is 3. The van der Waals surface area contributed by atoms with Crippen LogP contribution in [0, 0.1) is 13.8 Å². The highest BCUT2D eigenvalue weighted by Gasteiger charge is 2.16. The van der Waals surface area contributed by atoms with Gasteiger partial charge in [-0.3, -0.25) is 25.2 Å². The van der Waals surface area contributed by atoms with Gasteiger partial charge in [0.1, 0.15) is 5.75 Å². The summed E-state index contributed by atoms with van der Waals surface area (Å²) in [5.74, 6) is -0.828. The number of nitrogens with one attached hydrogen (secondary N) is 3. The highest BCUT2D eigenvalue weighted by Crippen LogP contribution is 2.17. The zero-order valence-corrected chi connectivity index (χ0v) is 19.8. The molecule has 0 aromatic heterocycles. The van der Waals surface area contributed by atoms with Gasteiger partial charge in [-0.05, 0) is 61.8 Å². The Bertz CT molecular complexity index is 981. The maximum atomic E-state index is 12.2. The van der Waals surface area contributed by atoms with E-state index in [2.05, 4.69) is 16.2 Å². The summed E-state index contributed by atoms with van der Waals surface area (Å²) in [6.45, 7) is 5.79. The minimum absolute atomic E-state index is 0.0730. The third kappa shape index (κ3) is 9.69. The molecule has 2 amide bonds. The van der Waals surface area contributed by atoms with Gasteiger partial charge in [0.25, 0.3) is 5.91 Å². The van der Waals surface area contributed by atoms with Crippen LogP contribution in [0.3, 0.4) is 0 Å². The van der Waals surface area contributed by atoms with E-state index in [1.54, 1.807) is 13.0 Å². The molecular weight excluding hydrogens is 442 g/mol. The van der Waals surface area contributed by atoms with Crippen LogP contribution in [0.25, 0.3) is 0 Å². The average molecular weight is 472 g/mol. The molecule has 0 saturated heterocycles. The fourth-order valence-corrected chi connectivity index (χ4v) is 2.87. The molecule has 0 radical (unpaired) electrons. The lowest BCUT2D eigenvalue weighted by Gasteiger charge is -2.16. The first-order chi connectivity index (χ1) is 15.7. The van der Waals surface area contributed by atoms with Crippen molar-refractivity contribution in [1.29, 1.82) is 0 Å². The lowest BCUT2D eigenvalue weighted by Crippen LogP contribution is -2.51. The Labute approximate surface area is 199 Å². The highest BCUT2D eigenvalue weighted by molar-refractivity contribution is 7.80. The van der Waals surface area contributed by atoms with Gasteiger partial charge in [0.2, 0.25) is 5.91 Å². The fourth-order valence-electron chi connectivity index (χ4n) is 2.70. The molecule has 9 heteroatoms. The molecule has 33 heavy (non-hydrogen) atoms. The fraction of sp³-hybridized carbons (Fsp3) is 0.333. The first-order valence-corrected chi connectivity index (χ1v) is 11.0. The summed E-state index contributed by atoms with van der Waals surface area (Å²) in [5.41, 5.74) is 8.08. The van der Waals surface area contributed by atoms with Crippen LogP contribution in [0.15, 0.2) is 48.5 Å². The summed E-state index contributed by atoms with van der Waals surface area (Å²) in [7, 11) is 0. The van der Waals surface area contributed by atoms with Crippen LogP contribution in [0.4, 0.5) is 0 Å². The molecule has 1 atom stereocenters. The molecule has 2 aromatic carbocycles. The number of hydrazine groups is 1. The predicted octanol–water partition coefficient (Wildman–Crippen LogP) is 2.66. The number of hydrogen-bond donors (Lipinski definition) is 3. The summed E-state index contributed by atoms with van der Waals surface area (Å²) in [5, 5.41) is 2.30. The van der Waals surface area contributed by atoms with Crippen molar-refractivity contribution in [2.24, 2.45) is 0 Å². The summed E-state index contributed by atoms with van der Waals surface area (Å²) in [6.07, 6.45) is -0.343. The SMILES string of the molecule is Cc1ccc(OC(C)C(=O)NNC(=S)NC(=O)CCC(=O)OCCc2ccccc2)cc1C. The zero-order chi connectivity index (χ0) is 24.2. The number of ether oxygens (including phenoxy) is 2. The van der Waals surface area contributed by atoms with E-state index >= 15 is 0 Å². The van der Waals surface area contributed by atoms with Crippen LogP contribution in [-0.4, -0.2) is 35.6 Å². The van der Waals surface area contributed by atoms with Gasteiger partial charge in [-0.25, -0.2) is 0 Å². The van der Waals surface area contributed by atoms with Gasteiger partial charge in [0.15, 0.2) is 11.2 Å². The second-order valence-corrected chi connectivity index (χ2v) is 7.86. The number of carbonyl (C=O) groups is 3. The molecule has 0 spiro atoms. The number of amides is 2. The van der Waals surface area contributed by atoms with Crippen LogP contribution in [0.2, 0.25) is 0 Å². The average Bonchev–Trinajstić information content (AvgIpc) is 2.79. The van der Waals surface area contributed by atoms with Crippen LogP contribution in [0.5, 0.6) is 5.75 Å². The highest BCUT2D eigenvalue weighted by atomic mass is 32.1. The second kappa shape index (κ2) is 13.2. The Balaban J connectivity index is 1.61. The number of thiocarbonyl (C=S) groups is 1. The zero-order valence-electron chi connectivity index (χ0n) is 19.0. The summed E-state index contributed by atoms with van der Waals surface area (Å²) >= 11 is 4.99. The molecule has 0 fully saturated rings. The topological polar surface area (TPSA) is 106 Å². The quantitative estimate of drug-likeness (QED) is 0.293. The van der Waals surface area contributed by atoms with Gasteiger partial charge < -0.3 is 14.8 Å². The molecule has 8 nitrogen and oxygen atoms in total. The van der Waals surface area contributed by atoms with Gasteiger partial charge in [-0.15, -0.1) is 0 Å². The standard InChI is InChI=1S/C24H29N3O5S/c1-16-9-10-20(15-17(16)2)32-18(3)23(30)26-27-24(33)25-21(28)11-12-22(29)31-14-13-19-7-5-4-6-8-19/h4-10,15,18H,11-14H2,1-3H3,(H,26,30)(H2,25,27,28,33). The molecule has 0 aliphatic carbocycles. The van der Waals surface area contributed by atoms with Gasteiger partial charge in [-0.2, -0.15) is 0 Å². The van der Waals surface area contributed by atoms with E-state index in [1.165, 1.54) is 0 Å². The maximum absolute atomic E-state index is 12.2. The number of rotatable bonds is 9. The van der Waals surface area contributed by atoms with Gasteiger partial charge in [-0.1, -0.05) is 36.4 Å². The lowest BCUT2D eigenvalue weighted by molar-refractivity contribution is -0.144. The smallest absolute Gasteiger partial charge is 0.306 e. The first kappa shape index (κ1) is 25.8. The van der Waals surface area contributed by atoms with Crippen molar-refractivity contribution >= 4 is 35.1 Å². The van der Waals surface area contributed by atoms with Crippen LogP contribution >= 0.6 is 12.2 Å². The van der Waals surface area contributed by atoms with Crippen LogP contribution in [-0.2, 0) is 25.5 Å². The van der Waals surface area contributed by atoms with Crippen molar-refractivity contribution in [2.45, 2.75) is 46.1 Å². The molecule has 2 aromatic rings. The maximum Gasteiger partial charge on any atom is 0.306 e. The van der Waals surface area contributed by atoms with E-state index < -0.39 is 23.9 Å². The molecule has 0 saturated carbocycles. The van der Waals surface area contributed by atoms with Gasteiger partial charge in [0.05, 0.1) is 13.0 Å². The van der Waals surface area contributed by atoms with Crippen LogP contribution in [0.1, 0.15) is 36.5 Å². The Kier molecular flexibility index (Phi) is 10.3. The van der Waals surface area contributed by atoms with Crippen molar-refractivity contribution < 1.29 is 23.9 Å². The Hall–Kier alpha value is -3.46. The van der Waals surface area contributed by atoms with E-state index in [4.69, 9.17) is 21.7 Å². The van der Waals surface area contributed by atoms with E-state index in [9.17, 15) is 14.4 Å². The summed E-state index contributed by atoms with van der Waals surface area (Å²) in [6, 6.07) is 15.2. The molecular formula is C24H29N3O5S. The third-order valence-electron chi connectivity index (χ3n) is 4.77. The third-order valence-corrected chi connectivity index (χ3v) is 4.97. The van der Waals surface area contributed by atoms with Crippen molar-refractivity contribution in [3.05, 3.63) is 65.2 Å². The van der Waals surface area contributed by atoms with Crippen LogP contribution < -0.4 is 20.9 Å². The molecule has 0 bridgehead atoms. The molecule has 1 unspecified atom stereocenters. The van der Waals surface area contributed by atoms with E-state index in [0.29, 0.717) is 12.2 Å². The Morgan fingerprint density at radius 1 is 0.970 bits per heavy atom. The molecule has 0 heterocycles. The predicted molar refractivity (Wildman–Crippen MR) is 128 cm³/mol. The largest absolute Gasteiger partial charge is 0.481 e. The normalized spacial score (nSPS) is 11.1. The van der Waals surface area contributed by atoms with E-state index in [0.717, 1.165) is 16.7 Å². The second-order valence-electron chi connectivity index (χ2n) is 7.45. The Morgan fingerprint density at radius 2 is 1.70 bits per heavy atom. The molecule has 0 aliphatic heterocycles. The Morgan fingerprint density at radius 3 is 2.39 bits per heavy atom. The first-order valence-electron chi connectivity index (χ1n) is 10.6. The van der Waals surface area contributed by atoms with Crippen molar-refractivity contribution in [3.8, 4) is 5.75 Å². The molecule has 2 rings (SSSR count). The lowest BCUT2D eigenvalue weighted by atomic mass is 10.1.